The van der Waals surface area contributed by atoms with Gasteiger partial charge in [0.15, 0.2) is 11.6 Å². The zero-order valence-electron chi connectivity index (χ0n) is 31.9. The average molecular weight is 806 g/mol. The number of nitrogens with zero attached hydrogens (tertiary/aromatic N) is 5. The van der Waals surface area contributed by atoms with E-state index in [-0.39, 0.29) is 43.0 Å². The van der Waals surface area contributed by atoms with Gasteiger partial charge in [-0.25, -0.2) is 0 Å². The third-order valence-corrected chi connectivity index (χ3v) is 10.6. The highest BCUT2D eigenvalue weighted by Gasteiger charge is 2.40. The maximum absolute atomic E-state index is 13.9. The average Bonchev–Trinajstić information content (AvgIpc) is 3.45. The second-order valence-electron chi connectivity index (χ2n) is 14.3. The van der Waals surface area contributed by atoms with E-state index < -0.39 is 23.8 Å². The smallest absolute Gasteiger partial charge is 0.282 e. The summed E-state index contributed by atoms with van der Waals surface area (Å²) in [6, 6.07) is 20.6. The van der Waals surface area contributed by atoms with Crippen LogP contribution in [0.2, 0.25) is 15.1 Å². The first-order valence-electron chi connectivity index (χ1n) is 17.7. The second-order valence-corrected chi connectivity index (χ2v) is 15.5. The number of amides is 3. The summed E-state index contributed by atoms with van der Waals surface area (Å²) < 4.78 is 5.21. The van der Waals surface area contributed by atoms with Crippen molar-refractivity contribution in [1.29, 1.82) is 0 Å². The van der Waals surface area contributed by atoms with Gasteiger partial charge in [-0.15, -0.1) is 10.2 Å². The molecule has 0 fully saturated rings. The van der Waals surface area contributed by atoms with Gasteiger partial charge in [0.1, 0.15) is 11.4 Å². The summed E-state index contributed by atoms with van der Waals surface area (Å²) in [5.74, 6) is -0.734. The Morgan fingerprint density at radius 2 is 1.56 bits per heavy atom. The van der Waals surface area contributed by atoms with Crippen molar-refractivity contribution >= 4 is 75.4 Å². The Labute approximate surface area is 336 Å². The molecule has 1 N–H and O–H groups in total. The molecular formula is C41H43Cl3N6O5. The lowest BCUT2D eigenvalue weighted by Gasteiger charge is -2.32. The molecule has 11 nitrogen and oxygen atoms in total. The molecule has 1 unspecified atom stereocenters. The largest absolute Gasteiger partial charge is 0.497 e. The Morgan fingerprint density at radius 1 is 0.909 bits per heavy atom. The molecule has 3 amide bonds. The van der Waals surface area contributed by atoms with Gasteiger partial charge < -0.3 is 14.9 Å². The monoisotopic (exact) mass is 804 g/mol. The minimum atomic E-state index is -1.38. The first-order valence-corrected chi connectivity index (χ1v) is 18.8. The predicted molar refractivity (Wildman–Crippen MR) is 218 cm³/mol. The number of rotatable bonds is 12. The maximum atomic E-state index is 13.9. The minimum absolute atomic E-state index is 0.0549. The Balaban J connectivity index is 1.48. The van der Waals surface area contributed by atoms with Crippen molar-refractivity contribution in [2.45, 2.75) is 78.2 Å². The number of carbonyl (C=O) groups is 3. The third-order valence-electron chi connectivity index (χ3n) is 9.78. The number of nitrogens with one attached hydrogen (secondary N) is 1. The van der Waals surface area contributed by atoms with Crippen LogP contribution < -0.4 is 25.0 Å². The van der Waals surface area contributed by atoms with Gasteiger partial charge in [-0.2, -0.15) is 15.2 Å². The van der Waals surface area contributed by atoms with Crippen molar-refractivity contribution in [3.05, 3.63) is 111 Å². The van der Waals surface area contributed by atoms with E-state index in [4.69, 9.17) is 44.4 Å². The van der Waals surface area contributed by atoms with Crippen LogP contribution in [0.3, 0.4) is 0 Å². The molecule has 0 spiro atoms. The van der Waals surface area contributed by atoms with E-state index in [1.807, 2.05) is 12.1 Å². The van der Waals surface area contributed by atoms with Crippen molar-refractivity contribution in [3.63, 3.8) is 0 Å². The molecule has 55 heavy (non-hydrogen) atoms. The summed E-state index contributed by atoms with van der Waals surface area (Å²) in [5, 5.41) is 18.0. The van der Waals surface area contributed by atoms with Crippen LogP contribution in [-0.2, 0) is 20.4 Å². The van der Waals surface area contributed by atoms with Crippen LogP contribution in [0.4, 0.5) is 17.1 Å². The number of hydroxylamine groups is 1. The number of azo groups is 1. The molecule has 5 rings (SSSR count). The molecule has 4 aromatic rings. The molecule has 0 aromatic heterocycles. The first-order chi connectivity index (χ1) is 26.0. The standard InChI is InChI=1S/C41H43Cl3N6O5/c1-9-40(4,5)26-14-19-34(31(21-26)41(6,7)10-2)55-50(24(3)51)29-13-11-12-25(20-29)38(52)45-37-35(47-46-28-15-17-30(54-8)18-16-28)39(53)49(48-37)36-32(43)22-27(42)23-33(36)44/h11-23,35H,9-10H2,1-8H3,(H,45,48,52). The summed E-state index contributed by atoms with van der Waals surface area (Å²) in [5.41, 5.74) is 2.72. The van der Waals surface area contributed by atoms with Crippen molar-refractivity contribution in [2.75, 3.05) is 17.2 Å². The van der Waals surface area contributed by atoms with Gasteiger partial charge in [0.2, 0.25) is 6.04 Å². The van der Waals surface area contributed by atoms with Gasteiger partial charge in [0.05, 0.1) is 28.5 Å². The topological polar surface area (TPSA) is 125 Å². The van der Waals surface area contributed by atoms with Gasteiger partial charge >= 0.3 is 0 Å². The van der Waals surface area contributed by atoms with Crippen molar-refractivity contribution in [3.8, 4) is 11.5 Å². The number of hydrazone groups is 1. The lowest BCUT2D eigenvalue weighted by molar-refractivity contribution is -0.120. The number of halogens is 3. The Bertz CT molecular complexity index is 2150. The molecule has 1 atom stereocenters. The number of methoxy groups -OCH3 is 1. The van der Waals surface area contributed by atoms with E-state index in [1.165, 1.54) is 37.8 Å². The Kier molecular flexibility index (Phi) is 12.6. The number of carbonyl (C=O) groups excluding carboxylic acids is 3. The molecule has 1 aliphatic heterocycles. The van der Waals surface area contributed by atoms with E-state index >= 15 is 0 Å². The van der Waals surface area contributed by atoms with Crippen molar-refractivity contribution in [1.82, 2.24) is 5.32 Å². The molecule has 0 radical (unpaired) electrons. The van der Waals surface area contributed by atoms with Gasteiger partial charge in [0.25, 0.3) is 17.7 Å². The third kappa shape index (κ3) is 9.12. The fraction of sp³-hybridized carbons (Fsp3) is 0.317. The molecule has 14 heteroatoms. The quantitative estimate of drug-likeness (QED) is 0.113. The highest BCUT2D eigenvalue weighted by molar-refractivity contribution is 6.43. The number of ether oxygens (including phenoxy) is 1. The highest BCUT2D eigenvalue weighted by atomic mass is 35.5. The lowest BCUT2D eigenvalue weighted by atomic mass is 9.76. The fourth-order valence-corrected chi connectivity index (χ4v) is 6.60. The van der Waals surface area contributed by atoms with Crippen LogP contribution in [0.5, 0.6) is 11.5 Å². The van der Waals surface area contributed by atoms with Gasteiger partial charge in [-0.05, 0) is 89.9 Å². The molecule has 0 saturated heterocycles. The van der Waals surface area contributed by atoms with Crippen LogP contribution in [0.15, 0.2) is 94.2 Å². The van der Waals surface area contributed by atoms with E-state index in [0.29, 0.717) is 22.9 Å². The number of anilines is 2. The summed E-state index contributed by atoms with van der Waals surface area (Å²) in [6.45, 7) is 14.3. The molecule has 0 saturated carbocycles. The van der Waals surface area contributed by atoms with Gasteiger partial charge in [0, 0.05) is 23.1 Å². The Hall–Kier alpha value is -4.97. The zero-order chi connectivity index (χ0) is 40.2. The molecule has 4 aromatic carbocycles. The number of hydrogen-bond donors (Lipinski definition) is 1. The van der Waals surface area contributed by atoms with E-state index in [2.05, 4.69) is 68.3 Å². The van der Waals surface area contributed by atoms with Crippen LogP contribution in [0.25, 0.3) is 0 Å². The van der Waals surface area contributed by atoms with E-state index in [1.54, 1.807) is 42.5 Å². The number of amidine groups is 1. The van der Waals surface area contributed by atoms with Crippen LogP contribution >= 0.6 is 34.8 Å². The minimum Gasteiger partial charge on any atom is -0.497 e. The SMILES string of the molecule is CCC(C)(C)c1ccc(ON(C(C)=O)c2cccc(C(=O)NC3=NN(c4c(Cl)cc(Cl)cc4Cl)C(=O)C3N=Nc3ccc(OC)cc3)c2)c(C(C)(C)CC)c1. The van der Waals surface area contributed by atoms with Gasteiger partial charge in [-0.3, -0.25) is 14.4 Å². The van der Waals surface area contributed by atoms with Crippen molar-refractivity contribution < 1.29 is 24.0 Å². The van der Waals surface area contributed by atoms with Crippen LogP contribution in [0.1, 0.15) is 82.8 Å². The molecule has 0 bridgehead atoms. The molecule has 1 aliphatic rings. The molecular weight excluding hydrogens is 763 g/mol. The molecule has 0 aliphatic carbocycles. The molecule has 288 valence electrons. The summed E-state index contributed by atoms with van der Waals surface area (Å²) in [7, 11) is 1.54. The van der Waals surface area contributed by atoms with Crippen LogP contribution in [-0.4, -0.2) is 36.7 Å². The van der Waals surface area contributed by atoms with Crippen LogP contribution in [0, 0.1) is 0 Å². The van der Waals surface area contributed by atoms with E-state index in [0.717, 1.165) is 28.5 Å². The maximum Gasteiger partial charge on any atom is 0.282 e. The summed E-state index contributed by atoms with van der Waals surface area (Å²) in [6.07, 6.45) is 1.77. The fourth-order valence-electron chi connectivity index (χ4n) is 5.63. The zero-order valence-corrected chi connectivity index (χ0v) is 34.2. The number of benzene rings is 4. The lowest BCUT2D eigenvalue weighted by Crippen LogP contribution is -2.39. The first kappa shape index (κ1) is 41.2. The summed E-state index contributed by atoms with van der Waals surface area (Å²) >= 11 is 19.0. The number of hydrogen-bond acceptors (Lipinski definition) is 8. The van der Waals surface area contributed by atoms with Gasteiger partial charge in [-0.1, -0.05) is 94.5 Å². The highest BCUT2D eigenvalue weighted by Crippen LogP contribution is 2.40. The Morgan fingerprint density at radius 3 is 2.16 bits per heavy atom. The molecule has 1 heterocycles. The summed E-state index contributed by atoms with van der Waals surface area (Å²) in [4.78, 5) is 47.2. The second kappa shape index (κ2) is 16.8. The van der Waals surface area contributed by atoms with E-state index in [9.17, 15) is 14.4 Å². The normalized spacial score (nSPS) is 14.6. The van der Waals surface area contributed by atoms with Crippen molar-refractivity contribution in [2.24, 2.45) is 15.3 Å². The predicted octanol–water partition coefficient (Wildman–Crippen LogP) is 10.6.